The first-order valence-corrected chi connectivity index (χ1v) is 7.52. The van der Waals surface area contributed by atoms with Gasteiger partial charge in [-0.25, -0.2) is 0 Å². The molecule has 0 aliphatic rings. The summed E-state index contributed by atoms with van der Waals surface area (Å²) < 4.78 is 0. The van der Waals surface area contributed by atoms with Crippen molar-refractivity contribution in [1.82, 2.24) is 4.90 Å². The lowest BCUT2D eigenvalue weighted by atomic mass is 9.92. The van der Waals surface area contributed by atoms with Gasteiger partial charge in [0.2, 0.25) is 0 Å². The number of hydrogen-bond acceptors (Lipinski definition) is 4. The van der Waals surface area contributed by atoms with Crippen molar-refractivity contribution in [3.05, 3.63) is 21.9 Å². The van der Waals surface area contributed by atoms with Crippen molar-refractivity contribution in [2.45, 2.75) is 33.1 Å². The van der Waals surface area contributed by atoms with E-state index in [-0.39, 0.29) is 24.5 Å². The lowest BCUT2D eigenvalue weighted by Gasteiger charge is -2.30. The largest absolute Gasteiger partial charge is 0.396 e. The molecule has 4 nitrogen and oxygen atoms in total. The molecule has 114 valence electrons. The summed E-state index contributed by atoms with van der Waals surface area (Å²) in [6.45, 7) is 8.12. The summed E-state index contributed by atoms with van der Waals surface area (Å²) in [6.07, 6.45) is 0. The molecule has 0 unspecified atom stereocenters. The van der Waals surface area contributed by atoms with Crippen LogP contribution in [0.5, 0.6) is 0 Å². The number of thiophene rings is 1. The molecular formula is C15H25NO3S. The first-order valence-electron chi connectivity index (χ1n) is 6.70. The lowest BCUT2D eigenvalue weighted by Crippen LogP contribution is -2.41. The van der Waals surface area contributed by atoms with Gasteiger partial charge in [-0.15, -0.1) is 11.3 Å². The van der Waals surface area contributed by atoms with Gasteiger partial charge >= 0.3 is 0 Å². The summed E-state index contributed by atoms with van der Waals surface area (Å²) in [5.41, 5.74) is -0.638. The molecule has 0 fully saturated rings. The summed E-state index contributed by atoms with van der Waals surface area (Å²) in [5.74, 6) is -0.0707. The van der Waals surface area contributed by atoms with Gasteiger partial charge in [-0.2, -0.15) is 0 Å². The monoisotopic (exact) mass is 299 g/mol. The quantitative estimate of drug-likeness (QED) is 0.875. The van der Waals surface area contributed by atoms with Crippen LogP contribution in [0.4, 0.5) is 0 Å². The Kier molecular flexibility index (Phi) is 5.35. The molecule has 20 heavy (non-hydrogen) atoms. The molecule has 1 rings (SSSR count). The maximum Gasteiger partial charge on any atom is 0.263 e. The Bertz CT molecular complexity index is 458. The minimum atomic E-state index is -0.672. The third kappa shape index (κ3) is 4.04. The highest BCUT2D eigenvalue weighted by Crippen LogP contribution is 2.30. The van der Waals surface area contributed by atoms with Gasteiger partial charge in [0.25, 0.3) is 5.91 Å². The van der Waals surface area contributed by atoms with E-state index < -0.39 is 5.41 Å². The fourth-order valence-corrected chi connectivity index (χ4v) is 2.90. The standard InChI is InChI=1S/C15H25NO3S/c1-14(2,3)12-7-6-11(20-12)13(19)16(5)8-15(4,9-17)10-18/h6-7,17-18H,8-10H2,1-5H3. The van der Waals surface area contributed by atoms with Crippen molar-refractivity contribution < 1.29 is 15.0 Å². The van der Waals surface area contributed by atoms with Crippen LogP contribution < -0.4 is 0 Å². The zero-order valence-electron chi connectivity index (χ0n) is 12.9. The highest BCUT2D eigenvalue weighted by molar-refractivity contribution is 7.14. The molecule has 5 heteroatoms. The maximum atomic E-state index is 12.4. The molecule has 0 atom stereocenters. The number of hydrogen-bond donors (Lipinski definition) is 2. The molecule has 0 saturated carbocycles. The van der Waals surface area contributed by atoms with Gasteiger partial charge in [0.15, 0.2) is 0 Å². The van der Waals surface area contributed by atoms with Crippen LogP contribution in [0.15, 0.2) is 12.1 Å². The Balaban J connectivity index is 2.82. The van der Waals surface area contributed by atoms with Crippen molar-refractivity contribution in [1.29, 1.82) is 0 Å². The zero-order valence-corrected chi connectivity index (χ0v) is 13.8. The van der Waals surface area contributed by atoms with Crippen molar-refractivity contribution in [2.75, 3.05) is 26.8 Å². The van der Waals surface area contributed by atoms with Crippen molar-refractivity contribution >= 4 is 17.2 Å². The lowest BCUT2D eigenvalue weighted by molar-refractivity contribution is 0.0368. The number of aliphatic hydroxyl groups is 2. The van der Waals surface area contributed by atoms with Gasteiger partial charge in [-0.05, 0) is 17.5 Å². The Morgan fingerprint density at radius 3 is 2.15 bits per heavy atom. The second kappa shape index (κ2) is 6.24. The number of amides is 1. The highest BCUT2D eigenvalue weighted by atomic mass is 32.1. The molecule has 0 bridgehead atoms. The van der Waals surface area contributed by atoms with Crippen molar-refractivity contribution in [2.24, 2.45) is 5.41 Å². The van der Waals surface area contributed by atoms with Crippen molar-refractivity contribution in [3.8, 4) is 0 Å². The number of nitrogens with zero attached hydrogens (tertiary/aromatic N) is 1. The molecule has 0 aromatic carbocycles. The second-order valence-corrected chi connectivity index (χ2v) is 7.79. The van der Waals surface area contributed by atoms with Gasteiger partial charge in [-0.3, -0.25) is 4.79 Å². The van der Waals surface area contributed by atoms with Crippen LogP contribution in [0, 0.1) is 5.41 Å². The fourth-order valence-electron chi connectivity index (χ4n) is 1.84. The normalized spacial score (nSPS) is 12.6. The van der Waals surface area contributed by atoms with Crippen molar-refractivity contribution in [3.63, 3.8) is 0 Å². The first kappa shape index (κ1) is 17.1. The molecule has 1 amide bonds. The van der Waals surface area contributed by atoms with Crippen LogP contribution >= 0.6 is 11.3 Å². The summed E-state index contributed by atoms with van der Waals surface area (Å²) in [4.78, 5) is 15.8. The number of carbonyl (C=O) groups is 1. The van der Waals surface area contributed by atoms with E-state index in [9.17, 15) is 15.0 Å². The fraction of sp³-hybridized carbons (Fsp3) is 0.667. The highest BCUT2D eigenvalue weighted by Gasteiger charge is 2.28. The van der Waals surface area contributed by atoms with Crippen LogP contribution in [0.3, 0.4) is 0 Å². The first-order chi connectivity index (χ1) is 9.13. The summed E-state index contributed by atoms with van der Waals surface area (Å²) in [7, 11) is 1.70. The van der Waals surface area contributed by atoms with Crippen LogP contribution in [0.1, 0.15) is 42.2 Å². The summed E-state index contributed by atoms with van der Waals surface area (Å²) >= 11 is 1.50. The van der Waals surface area contributed by atoms with Crippen LogP contribution in [0.25, 0.3) is 0 Å². The number of carbonyl (C=O) groups excluding carboxylic acids is 1. The average molecular weight is 299 g/mol. The molecule has 1 heterocycles. The van der Waals surface area contributed by atoms with Crippen LogP contribution in [-0.2, 0) is 5.41 Å². The maximum absolute atomic E-state index is 12.4. The van der Waals surface area contributed by atoms with Gasteiger partial charge in [0, 0.05) is 23.9 Å². The number of rotatable bonds is 5. The SMILES string of the molecule is CN(CC(C)(CO)CO)C(=O)c1ccc(C(C)(C)C)s1. The molecule has 1 aromatic rings. The van der Waals surface area contributed by atoms with Gasteiger partial charge in [-0.1, -0.05) is 27.7 Å². The minimum Gasteiger partial charge on any atom is -0.396 e. The Morgan fingerprint density at radius 2 is 1.75 bits per heavy atom. The van der Waals surface area contributed by atoms with Crippen LogP contribution in [-0.4, -0.2) is 47.8 Å². The molecule has 0 saturated heterocycles. The summed E-state index contributed by atoms with van der Waals surface area (Å²) in [5, 5.41) is 18.6. The topological polar surface area (TPSA) is 60.8 Å². The van der Waals surface area contributed by atoms with Gasteiger partial charge < -0.3 is 15.1 Å². The molecule has 0 aliphatic heterocycles. The number of aliphatic hydroxyl groups excluding tert-OH is 2. The third-order valence-electron chi connectivity index (χ3n) is 3.29. The van der Waals surface area contributed by atoms with Crippen LogP contribution in [0.2, 0.25) is 0 Å². The second-order valence-electron chi connectivity index (χ2n) is 6.70. The Morgan fingerprint density at radius 1 is 1.20 bits per heavy atom. The smallest absolute Gasteiger partial charge is 0.263 e. The van der Waals surface area contributed by atoms with E-state index in [0.717, 1.165) is 0 Å². The molecule has 0 radical (unpaired) electrons. The predicted molar refractivity (Wildman–Crippen MR) is 82.3 cm³/mol. The minimum absolute atomic E-state index is 0.0342. The third-order valence-corrected chi connectivity index (χ3v) is 4.78. The zero-order chi connectivity index (χ0) is 15.6. The molecule has 0 aliphatic carbocycles. The van der Waals surface area contributed by atoms with Gasteiger partial charge in [0.1, 0.15) is 0 Å². The Hall–Kier alpha value is -0.910. The predicted octanol–water partition coefficient (Wildman–Crippen LogP) is 2.11. The summed E-state index contributed by atoms with van der Waals surface area (Å²) in [6, 6.07) is 3.84. The molecule has 1 aromatic heterocycles. The molecule has 2 N–H and O–H groups in total. The Labute approximate surface area is 125 Å². The molecular weight excluding hydrogens is 274 g/mol. The van der Waals surface area contributed by atoms with Gasteiger partial charge in [0.05, 0.1) is 18.1 Å². The van der Waals surface area contributed by atoms with E-state index in [4.69, 9.17) is 0 Å². The van der Waals surface area contributed by atoms with E-state index >= 15 is 0 Å². The van der Waals surface area contributed by atoms with E-state index in [1.807, 2.05) is 12.1 Å². The average Bonchev–Trinajstić information content (AvgIpc) is 2.87. The van der Waals surface area contributed by atoms with E-state index in [1.54, 1.807) is 18.9 Å². The van der Waals surface area contributed by atoms with E-state index in [2.05, 4.69) is 20.8 Å². The molecule has 0 spiro atoms. The van der Waals surface area contributed by atoms with E-state index in [0.29, 0.717) is 11.4 Å². The van der Waals surface area contributed by atoms with E-state index in [1.165, 1.54) is 16.2 Å².